The van der Waals surface area contributed by atoms with E-state index in [1.54, 1.807) is 0 Å². The minimum Gasteiger partial charge on any atom is -0.466 e. The Morgan fingerprint density at radius 3 is 0.928 bits per heavy atom. The minimum atomic E-state index is -0.661. The molecule has 2 atom stereocenters. The third-order valence-electron chi connectivity index (χ3n) is 18.0. The molecule has 0 heterocycles. The number of hydrogen-bond donors (Lipinski definition) is 3. The van der Waals surface area contributed by atoms with Crippen molar-refractivity contribution in [3.05, 3.63) is 24.3 Å². The zero-order chi connectivity index (χ0) is 59.9. The van der Waals surface area contributed by atoms with E-state index in [0.717, 1.165) is 51.4 Å². The minimum absolute atomic E-state index is 0.00854. The molecule has 492 valence electrons. The molecule has 0 aromatic rings. The number of nitrogens with one attached hydrogen (secondary N) is 1. The summed E-state index contributed by atoms with van der Waals surface area (Å²) < 4.78 is 5.50. The van der Waals surface area contributed by atoms with Crippen molar-refractivity contribution in [3.8, 4) is 0 Å². The van der Waals surface area contributed by atoms with Crippen LogP contribution in [0.2, 0.25) is 0 Å². The zero-order valence-electron chi connectivity index (χ0n) is 56.5. The van der Waals surface area contributed by atoms with Gasteiger partial charge in [0.25, 0.3) is 0 Å². The Balaban J connectivity index is 3.32. The monoisotopic (exact) mass is 1170 g/mol. The molecule has 0 saturated heterocycles. The predicted molar refractivity (Wildman–Crippen MR) is 366 cm³/mol. The highest BCUT2D eigenvalue weighted by molar-refractivity contribution is 5.76. The highest BCUT2D eigenvalue weighted by Crippen LogP contribution is 2.20. The van der Waals surface area contributed by atoms with E-state index < -0.39 is 12.1 Å². The molecule has 0 fully saturated rings. The molecule has 0 aliphatic rings. The van der Waals surface area contributed by atoms with Gasteiger partial charge in [0, 0.05) is 12.8 Å². The maximum atomic E-state index is 12.5. The van der Waals surface area contributed by atoms with E-state index in [1.165, 1.54) is 347 Å². The highest BCUT2D eigenvalue weighted by atomic mass is 16.5. The fraction of sp³-hybridized carbons (Fsp3) is 0.922. The smallest absolute Gasteiger partial charge is 0.305 e. The molecule has 0 aromatic carbocycles. The van der Waals surface area contributed by atoms with E-state index in [0.29, 0.717) is 25.9 Å². The lowest BCUT2D eigenvalue weighted by Crippen LogP contribution is -2.45. The summed E-state index contributed by atoms with van der Waals surface area (Å²) in [5.74, 6) is -0.0176. The molecule has 3 N–H and O–H groups in total. The van der Waals surface area contributed by atoms with Gasteiger partial charge in [-0.3, -0.25) is 9.59 Å². The first-order chi connectivity index (χ1) is 41.0. The van der Waals surface area contributed by atoms with Gasteiger partial charge < -0.3 is 20.3 Å². The van der Waals surface area contributed by atoms with Crippen molar-refractivity contribution in [2.75, 3.05) is 13.2 Å². The van der Waals surface area contributed by atoms with Crippen molar-refractivity contribution in [3.63, 3.8) is 0 Å². The topological polar surface area (TPSA) is 95.9 Å². The second kappa shape index (κ2) is 72.8. The van der Waals surface area contributed by atoms with Crippen molar-refractivity contribution in [2.24, 2.45) is 0 Å². The molecule has 0 aliphatic carbocycles. The van der Waals surface area contributed by atoms with Crippen LogP contribution < -0.4 is 5.32 Å². The van der Waals surface area contributed by atoms with Crippen LogP contribution in [-0.2, 0) is 14.3 Å². The summed E-state index contributed by atoms with van der Waals surface area (Å²) in [6.45, 7) is 4.98. The van der Waals surface area contributed by atoms with Gasteiger partial charge >= 0.3 is 5.97 Å². The van der Waals surface area contributed by atoms with Gasteiger partial charge in [-0.1, -0.05) is 385 Å². The van der Waals surface area contributed by atoms with Crippen LogP contribution in [0.4, 0.5) is 0 Å². The Kier molecular flexibility index (Phi) is 71.4. The number of unbranched alkanes of at least 4 members (excludes halogenated alkanes) is 57. The fourth-order valence-electron chi connectivity index (χ4n) is 12.2. The molecule has 6 nitrogen and oxygen atoms in total. The van der Waals surface area contributed by atoms with Crippen LogP contribution in [0.25, 0.3) is 0 Å². The van der Waals surface area contributed by atoms with Crippen molar-refractivity contribution in [2.45, 2.75) is 443 Å². The summed E-state index contributed by atoms with van der Waals surface area (Å²) >= 11 is 0. The maximum absolute atomic E-state index is 12.5. The van der Waals surface area contributed by atoms with Crippen LogP contribution in [0, 0.1) is 0 Å². The van der Waals surface area contributed by atoms with E-state index in [4.69, 9.17) is 4.74 Å². The molecule has 0 aromatic heterocycles. The maximum Gasteiger partial charge on any atom is 0.305 e. The van der Waals surface area contributed by atoms with Crippen LogP contribution >= 0.6 is 0 Å². The van der Waals surface area contributed by atoms with Crippen LogP contribution in [0.15, 0.2) is 24.3 Å². The van der Waals surface area contributed by atoms with E-state index in [-0.39, 0.29) is 18.5 Å². The van der Waals surface area contributed by atoms with Gasteiger partial charge in [0.15, 0.2) is 0 Å². The number of carbonyl (C=O) groups excluding carboxylic acids is 2. The Morgan fingerprint density at radius 2 is 0.602 bits per heavy atom. The summed E-state index contributed by atoms with van der Waals surface area (Å²) in [6, 6.07) is -0.538. The Labute approximate surface area is 520 Å². The average Bonchev–Trinajstić information content (AvgIpc) is 3.49. The third-order valence-corrected chi connectivity index (χ3v) is 18.0. The lowest BCUT2D eigenvalue weighted by molar-refractivity contribution is -0.143. The molecular formula is C77H149NO5. The molecule has 1 amide bonds. The Bertz CT molecular complexity index is 1300. The molecule has 0 saturated carbocycles. The molecule has 0 spiro atoms. The van der Waals surface area contributed by atoms with Crippen molar-refractivity contribution < 1.29 is 24.5 Å². The van der Waals surface area contributed by atoms with E-state index >= 15 is 0 Å². The SMILES string of the molecule is CCCCCC/C=C\C/C=C\CCCCCCCC(=O)OCCCCCCCCCCCCCCCCCCCCCCCCCCCCCCCCCCC(=O)NC(CO)C(O)CCCCCCCCCCCCCCCCCCCC. The van der Waals surface area contributed by atoms with Gasteiger partial charge in [-0.05, 0) is 57.8 Å². The highest BCUT2D eigenvalue weighted by Gasteiger charge is 2.20. The van der Waals surface area contributed by atoms with E-state index in [1.807, 2.05) is 0 Å². The van der Waals surface area contributed by atoms with E-state index in [9.17, 15) is 19.8 Å². The summed E-state index contributed by atoms with van der Waals surface area (Å²) in [5.41, 5.74) is 0. The average molecular weight is 1170 g/mol. The number of amides is 1. The quantitative estimate of drug-likeness (QED) is 0.0320. The van der Waals surface area contributed by atoms with Crippen molar-refractivity contribution in [1.29, 1.82) is 0 Å². The van der Waals surface area contributed by atoms with Crippen molar-refractivity contribution in [1.82, 2.24) is 5.32 Å². The third kappa shape index (κ3) is 69.3. The van der Waals surface area contributed by atoms with Gasteiger partial charge in [0.2, 0.25) is 5.91 Å². The normalized spacial score (nSPS) is 12.6. The lowest BCUT2D eigenvalue weighted by atomic mass is 10.0. The number of hydrogen-bond acceptors (Lipinski definition) is 5. The lowest BCUT2D eigenvalue weighted by Gasteiger charge is -2.22. The molecule has 83 heavy (non-hydrogen) atoms. The van der Waals surface area contributed by atoms with Crippen LogP contribution in [0.3, 0.4) is 0 Å². The molecule has 0 aliphatic heterocycles. The fourth-order valence-corrected chi connectivity index (χ4v) is 12.2. The number of rotatable bonds is 72. The zero-order valence-corrected chi connectivity index (χ0v) is 56.5. The van der Waals surface area contributed by atoms with Gasteiger partial charge in [0.05, 0.1) is 25.4 Å². The summed E-state index contributed by atoms with van der Waals surface area (Å²) in [5, 5.41) is 23.4. The van der Waals surface area contributed by atoms with Gasteiger partial charge in [-0.2, -0.15) is 0 Å². The predicted octanol–water partition coefficient (Wildman–Crippen LogP) is 24.9. The number of carbonyl (C=O) groups is 2. The first-order valence-electron chi connectivity index (χ1n) is 38.1. The molecule has 0 bridgehead atoms. The standard InChI is InChI=1S/C77H149NO5/c1-3-5-7-9-11-13-15-17-19-21-38-41-45-49-53-57-61-65-69-75(80)74(73-79)78-76(81)70-66-62-58-54-50-46-42-39-36-34-32-30-28-26-24-22-23-25-27-29-31-33-35-37-40-44-48-52-56-60-64-68-72-83-77(82)71-67-63-59-55-51-47-43-20-18-16-14-12-10-8-6-4-2/h14,16,20,43,74-75,79-80H,3-13,15,17-19,21-42,44-73H2,1-2H3,(H,78,81)/b16-14-,43-20-. The van der Waals surface area contributed by atoms with Gasteiger partial charge in [-0.25, -0.2) is 0 Å². The molecular weight excluding hydrogens is 1020 g/mol. The largest absolute Gasteiger partial charge is 0.466 e. The number of aliphatic hydroxyl groups excluding tert-OH is 2. The second-order valence-corrected chi connectivity index (χ2v) is 26.3. The van der Waals surface area contributed by atoms with E-state index in [2.05, 4.69) is 43.5 Å². The Hall–Kier alpha value is -1.66. The molecule has 2 unspecified atom stereocenters. The van der Waals surface area contributed by atoms with Crippen LogP contribution in [0.5, 0.6) is 0 Å². The molecule has 6 heteroatoms. The number of allylic oxidation sites excluding steroid dienone is 4. The number of aliphatic hydroxyl groups is 2. The first kappa shape index (κ1) is 81.3. The number of ether oxygens (including phenoxy) is 1. The molecule has 0 radical (unpaired) electrons. The van der Waals surface area contributed by atoms with Gasteiger partial charge in [-0.15, -0.1) is 0 Å². The van der Waals surface area contributed by atoms with Crippen LogP contribution in [-0.4, -0.2) is 47.4 Å². The summed E-state index contributed by atoms with van der Waals surface area (Å²) in [7, 11) is 0. The summed E-state index contributed by atoms with van der Waals surface area (Å²) in [6.07, 6.45) is 92.5. The second-order valence-electron chi connectivity index (χ2n) is 26.3. The van der Waals surface area contributed by atoms with Crippen molar-refractivity contribution >= 4 is 11.9 Å². The van der Waals surface area contributed by atoms with Crippen LogP contribution in [0.1, 0.15) is 431 Å². The first-order valence-corrected chi connectivity index (χ1v) is 38.1. The molecule has 0 rings (SSSR count). The summed E-state index contributed by atoms with van der Waals surface area (Å²) in [4.78, 5) is 24.6. The Morgan fingerprint density at radius 1 is 0.337 bits per heavy atom. The van der Waals surface area contributed by atoms with Gasteiger partial charge in [0.1, 0.15) is 0 Å². The number of esters is 1.